The van der Waals surface area contributed by atoms with Crippen molar-refractivity contribution in [2.75, 3.05) is 19.7 Å². The van der Waals surface area contributed by atoms with E-state index in [4.69, 9.17) is 11.6 Å². The summed E-state index contributed by atoms with van der Waals surface area (Å²) >= 11 is 6.08. The van der Waals surface area contributed by atoms with E-state index in [2.05, 4.69) is 0 Å². The van der Waals surface area contributed by atoms with Gasteiger partial charge in [-0.15, -0.1) is 0 Å². The van der Waals surface area contributed by atoms with Crippen molar-refractivity contribution in [1.29, 1.82) is 0 Å². The number of likely N-dealkylation sites (tertiary alicyclic amines) is 1. The fraction of sp³-hybridized carbons (Fsp3) is 0.562. The van der Waals surface area contributed by atoms with Crippen LogP contribution in [0.2, 0.25) is 5.02 Å². The first-order chi connectivity index (χ1) is 9.65. The predicted octanol–water partition coefficient (Wildman–Crippen LogP) is 2.60. The molecule has 0 spiro atoms. The summed E-state index contributed by atoms with van der Waals surface area (Å²) < 4.78 is 0. The molecule has 20 heavy (non-hydrogen) atoms. The molecule has 1 saturated carbocycles. The third kappa shape index (κ3) is 2.23. The second kappa shape index (κ2) is 5.38. The molecule has 1 N–H and O–H groups in total. The summed E-state index contributed by atoms with van der Waals surface area (Å²) in [6.07, 6.45) is 3.82. The van der Waals surface area contributed by atoms with Gasteiger partial charge in [0.05, 0.1) is 5.41 Å². The maximum Gasteiger partial charge on any atom is 0.233 e. The summed E-state index contributed by atoms with van der Waals surface area (Å²) in [7, 11) is 0. The van der Waals surface area contributed by atoms with Crippen LogP contribution in [-0.2, 0) is 10.2 Å². The van der Waals surface area contributed by atoms with Crippen LogP contribution in [0, 0.1) is 5.92 Å². The Kier molecular flexibility index (Phi) is 3.74. The second-order valence-corrected chi connectivity index (χ2v) is 6.47. The molecule has 1 heterocycles. The van der Waals surface area contributed by atoms with E-state index in [1.54, 1.807) is 0 Å². The lowest BCUT2D eigenvalue weighted by Gasteiger charge is -2.43. The number of benzene rings is 1. The van der Waals surface area contributed by atoms with Gasteiger partial charge in [0.15, 0.2) is 0 Å². The number of hydrogen-bond donors (Lipinski definition) is 1. The lowest BCUT2D eigenvalue weighted by molar-refractivity contribution is -0.140. The molecule has 1 amide bonds. The molecule has 1 aliphatic heterocycles. The molecule has 0 bridgehead atoms. The molecule has 0 radical (unpaired) electrons. The highest BCUT2D eigenvalue weighted by Crippen LogP contribution is 2.46. The number of hydrogen-bond acceptors (Lipinski definition) is 2. The van der Waals surface area contributed by atoms with Crippen molar-refractivity contribution in [3.63, 3.8) is 0 Å². The normalized spacial score (nSPS) is 24.5. The summed E-state index contributed by atoms with van der Waals surface area (Å²) in [6.45, 7) is 1.64. The highest BCUT2D eigenvalue weighted by molar-refractivity contribution is 6.30. The number of halogens is 1. The van der Waals surface area contributed by atoms with Crippen molar-refractivity contribution < 1.29 is 9.90 Å². The number of aliphatic hydroxyl groups excluding tert-OH is 1. The summed E-state index contributed by atoms with van der Waals surface area (Å²) in [5.74, 6) is 0.470. The topological polar surface area (TPSA) is 40.5 Å². The first kappa shape index (κ1) is 13.9. The van der Waals surface area contributed by atoms with Gasteiger partial charge in [0.2, 0.25) is 5.91 Å². The van der Waals surface area contributed by atoms with Crippen molar-refractivity contribution in [1.82, 2.24) is 4.90 Å². The average Bonchev–Trinajstić information content (AvgIpc) is 2.86. The van der Waals surface area contributed by atoms with Crippen LogP contribution < -0.4 is 0 Å². The number of nitrogens with zero attached hydrogens (tertiary/aromatic N) is 1. The second-order valence-electron chi connectivity index (χ2n) is 6.03. The Morgan fingerprint density at radius 3 is 2.80 bits per heavy atom. The fourth-order valence-electron chi connectivity index (χ4n) is 3.41. The molecule has 4 heteroatoms. The van der Waals surface area contributed by atoms with Crippen LogP contribution in [0.5, 0.6) is 0 Å². The Bertz CT molecular complexity index is 513. The number of aliphatic hydroxyl groups is 1. The van der Waals surface area contributed by atoms with Gasteiger partial charge in [0.25, 0.3) is 0 Å². The Labute approximate surface area is 124 Å². The summed E-state index contributed by atoms with van der Waals surface area (Å²) in [6, 6.07) is 7.71. The van der Waals surface area contributed by atoms with Crippen LogP contribution in [-0.4, -0.2) is 35.6 Å². The molecule has 3 rings (SSSR count). The van der Waals surface area contributed by atoms with Gasteiger partial charge in [0, 0.05) is 30.6 Å². The Morgan fingerprint density at radius 1 is 1.45 bits per heavy atom. The molecule has 108 valence electrons. The van der Waals surface area contributed by atoms with E-state index in [1.807, 2.05) is 29.2 Å². The fourth-order valence-corrected chi connectivity index (χ4v) is 3.60. The van der Waals surface area contributed by atoms with Gasteiger partial charge in [-0.05, 0) is 37.0 Å². The molecular weight excluding hydrogens is 274 g/mol. The smallest absolute Gasteiger partial charge is 0.233 e. The van der Waals surface area contributed by atoms with Crippen LogP contribution in [0.3, 0.4) is 0 Å². The van der Waals surface area contributed by atoms with E-state index in [0.29, 0.717) is 11.6 Å². The van der Waals surface area contributed by atoms with Crippen molar-refractivity contribution in [3.8, 4) is 0 Å². The molecule has 1 unspecified atom stereocenters. The van der Waals surface area contributed by atoms with Crippen LogP contribution in [0.1, 0.15) is 31.2 Å². The summed E-state index contributed by atoms with van der Waals surface area (Å²) in [5, 5.41) is 9.93. The molecule has 2 fully saturated rings. The average molecular weight is 294 g/mol. The number of amides is 1. The summed E-state index contributed by atoms with van der Waals surface area (Å²) in [4.78, 5) is 14.9. The number of carbonyl (C=O) groups excluding carboxylic acids is 1. The first-order valence-electron chi connectivity index (χ1n) is 7.32. The summed E-state index contributed by atoms with van der Waals surface area (Å²) in [5.41, 5.74) is 0.684. The zero-order valence-electron chi connectivity index (χ0n) is 11.5. The highest BCUT2D eigenvalue weighted by atomic mass is 35.5. The molecule has 1 saturated heterocycles. The van der Waals surface area contributed by atoms with E-state index in [1.165, 1.54) is 0 Å². The van der Waals surface area contributed by atoms with Gasteiger partial charge in [-0.2, -0.15) is 0 Å². The highest BCUT2D eigenvalue weighted by Gasteiger charge is 2.48. The number of carbonyl (C=O) groups is 1. The van der Waals surface area contributed by atoms with Crippen LogP contribution in [0.15, 0.2) is 24.3 Å². The van der Waals surface area contributed by atoms with Gasteiger partial charge < -0.3 is 10.0 Å². The van der Waals surface area contributed by atoms with Crippen molar-refractivity contribution >= 4 is 17.5 Å². The zero-order valence-corrected chi connectivity index (χ0v) is 12.3. The van der Waals surface area contributed by atoms with E-state index in [-0.39, 0.29) is 23.8 Å². The van der Waals surface area contributed by atoms with E-state index in [0.717, 1.165) is 37.8 Å². The molecule has 1 aliphatic carbocycles. The standard InChI is InChI=1S/C16H20ClNO2/c17-14-4-1-3-13(9-14)16(6-2-7-16)15(20)18-8-5-12(10-18)11-19/h1,3-4,9,12,19H,2,5-8,10-11H2. The van der Waals surface area contributed by atoms with Gasteiger partial charge in [-0.25, -0.2) is 0 Å². The molecule has 1 atom stereocenters. The van der Waals surface area contributed by atoms with Crippen LogP contribution in [0.25, 0.3) is 0 Å². The molecule has 3 nitrogen and oxygen atoms in total. The van der Waals surface area contributed by atoms with E-state index in [9.17, 15) is 9.90 Å². The Morgan fingerprint density at radius 2 is 2.25 bits per heavy atom. The predicted molar refractivity (Wildman–Crippen MR) is 78.8 cm³/mol. The van der Waals surface area contributed by atoms with Crippen LogP contribution in [0.4, 0.5) is 0 Å². The third-order valence-corrected chi connectivity index (χ3v) is 5.06. The molecule has 1 aromatic carbocycles. The quantitative estimate of drug-likeness (QED) is 0.930. The van der Waals surface area contributed by atoms with Crippen LogP contribution >= 0.6 is 11.6 Å². The Hall–Kier alpha value is -1.06. The number of rotatable bonds is 3. The zero-order chi connectivity index (χ0) is 14.2. The SMILES string of the molecule is O=C(N1CCC(CO)C1)C1(c2cccc(Cl)c2)CCC1. The lowest BCUT2D eigenvalue weighted by atomic mass is 9.63. The minimum atomic E-state index is -0.366. The lowest BCUT2D eigenvalue weighted by Crippen LogP contribution is -2.50. The maximum atomic E-state index is 12.9. The van der Waals surface area contributed by atoms with Gasteiger partial charge in [-0.1, -0.05) is 30.2 Å². The van der Waals surface area contributed by atoms with Crippen molar-refractivity contribution in [2.24, 2.45) is 5.92 Å². The molecule has 0 aromatic heterocycles. The van der Waals surface area contributed by atoms with E-state index >= 15 is 0 Å². The van der Waals surface area contributed by atoms with Gasteiger partial charge >= 0.3 is 0 Å². The van der Waals surface area contributed by atoms with Crippen molar-refractivity contribution in [2.45, 2.75) is 31.1 Å². The monoisotopic (exact) mass is 293 g/mol. The third-order valence-electron chi connectivity index (χ3n) is 4.82. The molecule has 1 aromatic rings. The van der Waals surface area contributed by atoms with Gasteiger partial charge in [-0.3, -0.25) is 4.79 Å². The van der Waals surface area contributed by atoms with Crippen molar-refractivity contribution in [3.05, 3.63) is 34.9 Å². The Balaban J connectivity index is 1.84. The minimum Gasteiger partial charge on any atom is -0.396 e. The first-order valence-corrected chi connectivity index (χ1v) is 7.70. The molecule has 2 aliphatic rings. The largest absolute Gasteiger partial charge is 0.396 e. The van der Waals surface area contributed by atoms with E-state index < -0.39 is 0 Å². The minimum absolute atomic E-state index is 0.175. The molecular formula is C16H20ClNO2. The van der Waals surface area contributed by atoms with Gasteiger partial charge in [0.1, 0.15) is 0 Å². The maximum absolute atomic E-state index is 12.9.